The van der Waals surface area contributed by atoms with E-state index in [-0.39, 0.29) is 11.7 Å². The van der Waals surface area contributed by atoms with Crippen molar-refractivity contribution in [3.05, 3.63) is 20.8 Å². The van der Waals surface area contributed by atoms with Crippen LogP contribution in [0.4, 0.5) is 0 Å². The van der Waals surface area contributed by atoms with Crippen LogP contribution in [0.5, 0.6) is 0 Å². The molecule has 1 unspecified atom stereocenters. The highest BCUT2D eigenvalue weighted by Crippen LogP contribution is 2.19. The maximum absolute atomic E-state index is 11.8. The molecule has 1 aromatic heterocycles. The molecule has 0 bridgehead atoms. The Kier molecular flexibility index (Phi) is 5.43. The maximum atomic E-state index is 11.8. The minimum Gasteiger partial charge on any atom is -0.409 e. The Balaban J connectivity index is 2.54. The second-order valence-electron chi connectivity index (χ2n) is 3.43. The van der Waals surface area contributed by atoms with Crippen molar-refractivity contribution >= 4 is 39.0 Å². The molecule has 4 N–H and O–H groups in total. The first-order valence-corrected chi connectivity index (χ1v) is 6.73. The summed E-state index contributed by atoms with van der Waals surface area (Å²) in [5, 5.41) is 16.1. The number of rotatable bonds is 5. The smallest absolute Gasteiger partial charge is 0.231 e. The molecule has 0 aliphatic carbocycles. The molecule has 0 aromatic carbocycles. The van der Waals surface area contributed by atoms with Gasteiger partial charge in [-0.2, -0.15) is 0 Å². The van der Waals surface area contributed by atoms with Gasteiger partial charge in [0.1, 0.15) is 0 Å². The third-order valence-corrected chi connectivity index (χ3v) is 3.95. The van der Waals surface area contributed by atoms with E-state index in [1.807, 2.05) is 18.4 Å². The summed E-state index contributed by atoms with van der Waals surface area (Å²) in [5.41, 5.74) is 5.44. The third-order valence-electron chi connectivity index (χ3n) is 2.26. The fraction of sp³-hybridized carbons (Fsp3) is 0.400. The van der Waals surface area contributed by atoms with Gasteiger partial charge >= 0.3 is 0 Å². The number of hydrogen-bond donors (Lipinski definition) is 3. The number of oxime groups is 1. The van der Waals surface area contributed by atoms with Gasteiger partial charge < -0.3 is 16.3 Å². The molecule has 1 atom stereocenters. The lowest BCUT2D eigenvalue weighted by atomic mass is 10.1. The molecule has 0 spiro atoms. The van der Waals surface area contributed by atoms with Crippen molar-refractivity contribution in [2.75, 3.05) is 0 Å². The molecule has 5 nitrogen and oxygen atoms in total. The van der Waals surface area contributed by atoms with Gasteiger partial charge in [-0.1, -0.05) is 12.1 Å². The standard InChI is InChI=1S/C10H14BrN3O2S/c1-2-8(9(12)14-16)10(15)13-4-7-3-6(11)5-17-7/h3,5,8,16H,2,4H2,1H3,(H2,12,14)(H,13,15). The van der Waals surface area contributed by atoms with Crippen molar-refractivity contribution in [2.24, 2.45) is 16.8 Å². The van der Waals surface area contributed by atoms with E-state index in [4.69, 9.17) is 10.9 Å². The Bertz CT molecular complexity index is 419. The number of amides is 1. The summed E-state index contributed by atoms with van der Waals surface area (Å²) in [6, 6.07) is 1.94. The Hall–Kier alpha value is -1.08. The summed E-state index contributed by atoms with van der Waals surface area (Å²) in [4.78, 5) is 12.8. The van der Waals surface area contributed by atoms with Crippen molar-refractivity contribution in [3.8, 4) is 0 Å². The summed E-state index contributed by atoms with van der Waals surface area (Å²) in [6.07, 6.45) is 0.496. The highest BCUT2D eigenvalue weighted by Gasteiger charge is 2.20. The highest BCUT2D eigenvalue weighted by molar-refractivity contribution is 9.10. The monoisotopic (exact) mass is 319 g/mol. The number of thiophene rings is 1. The first-order chi connectivity index (χ1) is 8.08. The number of halogens is 1. The van der Waals surface area contributed by atoms with Gasteiger partial charge in [-0.25, -0.2) is 0 Å². The van der Waals surface area contributed by atoms with Crippen LogP contribution in [0, 0.1) is 5.92 Å². The van der Waals surface area contributed by atoms with Crippen molar-refractivity contribution in [1.82, 2.24) is 5.32 Å². The molecular weight excluding hydrogens is 306 g/mol. The molecule has 7 heteroatoms. The molecule has 17 heavy (non-hydrogen) atoms. The minimum absolute atomic E-state index is 0.0580. The van der Waals surface area contributed by atoms with Crippen molar-refractivity contribution < 1.29 is 10.0 Å². The van der Waals surface area contributed by atoms with Crippen LogP contribution < -0.4 is 11.1 Å². The van der Waals surface area contributed by atoms with E-state index in [1.54, 1.807) is 11.3 Å². The van der Waals surface area contributed by atoms with Gasteiger partial charge in [0, 0.05) is 14.7 Å². The normalized spacial score (nSPS) is 13.4. The second kappa shape index (κ2) is 6.61. The zero-order valence-electron chi connectivity index (χ0n) is 9.31. The van der Waals surface area contributed by atoms with E-state index in [1.165, 1.54) is 0 Å². The number of nitrogens with one attached hydrogen (secondary N) is 1. The summed E-state index contributed by atoms with van der Waals surface area (Å²) in [6.45, 7) is 2.26. The van der Waals surface area contributed by atoms with E-state index >= 15 is 0 Å². The van der Waals surface area contributed by atoms with Crippen LogP contribution in [0.1, 0.15) is 18.2 Å². The molecule has 0 fully saturated rings. The summed E-state index contributed by atoms with van der Waals surface area (Å²) < 4.78 is 0.996. The van der Waals surface area contributed by atoms with Gasteiger partial charge in [-0.15, -0.1) is 11.3 Å². The molecule has 0 aliphatic rings. The van der Waals surface area contributed by atoms with Crippen LogP contribution in [0.25, 0.3) is 0 Å². The number of nitrogens with two attached hydrogens (primary N) is 1. The lowest BCUT2D eigenvalue weighted by Gasteiger charge is -2.12. The van der Waals surface area contributed by atoms with Gasteiger partial charge in [0.2, 0.25) is 5.91 Å². The fourth-order valence-corrected chi connectivity index (χ4v) is 2.73. The number of carbonyl (C=O) groups excluding carboxylic acids is 1. The van der Waals surface area contributed by atoms with E-state index < -0.39 is 5.92 Å². The molecule has 94 valence electrons. The Morgan fingerprint density at radius 1 is 1.76 bits per heavy atom. The topological polar surface area (TPSA) is 87.7 Å². The fourth-order valence-electron chi connectivity index (χ4n) is 1.34. The van der Waals surface area contributed by atoms with Crippen LogP contribution in [0.15, 0.2) is 21.1 Å². The Labute approximate surface area is 112 Å². The summed E-state index contributed by atoms with van der Waals surface area (Å²) in [7, 11) is 0. The third kappa shape index (κ3) is 4.01. The Morgan fingerprint density at radius 3 is 2.94 bits per heavy atom. The first kappa shape index (κ1) is 14.0. The average Bonchev–Trinajstić information content (AvgIpc) is 2.73. The van der Waals surface area contributed by atoms with E-state index in [2.05, 4.69) is 26.4 Å². The Morgan fingerprint density at radius 2 is 2.47 bits per heavy atom. The van der Waals surface area contributed by atoms with Crippen molar-refractivity contribution in [2.45, 2.75) is 19.9 Å². The van der Waals surface area contributed by atoms with E-state index in [9.17, 15) is 4.79 Å². The number of carbonyl (C=O) groups is 1. The van der Waals surface area contributed by atoms with Gasteiger partial charge in [-0.3, -0.25) is 4.79 Å². The molecule has 1 aromatic rings. The van der Waals surface area contributed by atoms with Crippen molar-refractivity contribution in [1.29, 1.82) is 0 Å². The number of nitrogens with zero attached hydrogens (tertiary/aromatic N) is 1. The van der Waals surface area contributed by atoms with E-state index in [0.717, 1.165) is 9.35 Å². The van der Waals surface area contributed by atoms with Gasteiger partial charge in [-0.05, 0) is 28.4 Å². The predicted octanol–water partition coefficient (Wildman–Crippen LogP) is 1.90. The van der Waals surface area contributed by atoms with Gasteiger partial charge in [0.05, 0.1) is 12.5 Å². The predicted molar refractivity (Wildman–Crippen MR) is 71.1 cm³/mol. The van der Waals surface area contributed by atoms with Crippen molar-refractivity contribution in [3.63, 3.8) is 0 Å². The molecule has 0 aliphatic heterocycles. The zero-order chi connectivity index (χ0) is 12.8. The maximum Gasteiger partial charge on any atom is 0.231 e. The summed E-state index contributed by atoms with van der Waals surface area (Å²) >= 11 is 4.89. The quantitative estimate of drug-likeness (QED) is 0.335. The first-order valence-electron chi connectivity index (χ1n) is 5.06. The zero-order valence-corrected chi connectivity index (χ0v) is 11.7. The van der Waals surface area contributed by atoms with E-state index in [0.29, 0.717) is 13.0 Å². The molecule has 1 heterocycles. The van der Waals surface area contributed by atoms with Crippen LogP contribution in [0.2, 0.25) is 0 Å². The SMILES string of the molecule is CCC(C(=O)NCc1cc(Br)cs1)C(N)=NO. The second-order valence-corrected chi connectivity index (χ2v) is 5.35. The van der Waals surface area contributed by atoms with Gasteiger partial charge in [0.15, 0.2) is 5.84 Å². The summed E-state index contributed by atoms with van der Waals surface area (Å²) in [5.74, 6) is -0.868. The molecule has 1 rings (SSSR count). The lowest BCUT2D eigenvalue weighted by Crippen LogP contribution is -2.38. The number of amidine groups is 1. The molecule has 0 saturated heterocycles. The molecule has 0 saturated carbocycles. The molecular formula is C10H14BrN3O2S. The lowest BCUT2D eigenvalue weighted by molar-refractivity contribution is -0.123. The van der Waals surface area contributed by atoms with Crippen LogP contribution in [0.3, 0.4) is 0 Å². The largest absolute Gasteiger partial charge is 0.409 e. The minimum atomic E-state index is -0.580. The van der Waals surface area contributed by atoms with Gasteiger partial charge in [0.25, 0.3) is 0 Å². The van der Waals surface area contributed by atoms with Crippen LogP contribution in [-0.4, -0.2) is 17.0 Å². The highest BCUT2D eigenvalue weighted by atomic mass is 79.9. The number of hydrogen-bond acceptors (Lipinski definition) is 4. The molecule has 0 radical (unpaired) electrons. The van der Waals surface area contributed by atoms with Crippen LogP contribution in [-0.2, 0) is 11.3 Å². The average molecular weight is 320 g/mol. The molecule has 1 amide bonds. The van der Waals surface area contributed by atoms with Crippen LogP contribution >= 0.6 is 27.3 Å².